The number of rotatable bonds is 4. The van der Waals surface area contributed by atoms with E-state index in [-0.39, 0.29) is 17.4 Å². The third-order valence-corrected chi connectivity index (χ3v) is 5.92. The van der Waals surface area contributed by atoms with Gasteiger partial charge >= 0.3 is 6.01 Å². The molecule has 1 aromatic carbocycles. The molecule has 7 nitrogen and oxygen atoms in total. The van der Waals surface area contributed by atoms with Crippen LogP contribution in [0.4, 0.5) is 4.39 Å². The summed E-state index contributed by atoms with van der Waals surface area (Å²) in [7, 11) is 0. The van der Waals surface area contributed by atoms with E-state index in [2.05, 4.69) is 30.8 Å². The highest BCUT2D eigenvalue weighted by Crippen LogP contribution is 2.43. The second kappa shape index (κ2) is 8.86. The normalized spacial score (nSPS) is 12.6. The van der Waals surface area contributed by atoms with Gasteiger partial charge in [0.25, 0.3) is 0 Å². The van der Waals surface area contributed by atoms with Gasteiger partial charge in [-0.25, -0.2) is 29.3 Å². The molecule has 0 atom stereocenters. The second-order valence-electron chi connectivity index (χ2n) is 8.37. The molecular weight excluding hydrogens is 455 g/mol. The molecule has 0 amide bonds. The summed E-state index contributed by atoms with van der Waals surface area (Å²) in [6.07, 6.45) is 8.42. The first-order chi connectivity index (χ1) is 18.5. The number of terminal acetylenes is 1. The van der Waals surface area contributed by atoms with Crippen LogP contribution in [0.2, 0.25) is 0 Å². The summed E-state index contributed by atoms with van der Waals surface area (Å²) in [5.41, 5.74) is 4.81. The fourth-order valence-electron chi connectivity index (χ4n) is 4.35. The van der Waals surface area contributed by atoms with Gasteiger partial charge in [-0.15, -0.1) is 6.42 Å². The number of fused-ring (bicyclic) bond motifs is 1. The van der Waals surface area contributed by atoms with Crippen LogP contribution in [0.5, 0.6) is 11.8 Å². The molecule has 0 bridgehead atoms. The van der Waals surface area contributed by atoms with Crippen molar-refractivity contribution in [1.82, 2.24) is 29.5 Å². The third-order valence-electron chi connectivity index (χ3n) is 5.92. The van der Waals surface area contributed by atoms with E-state index in [0.29, 0.717) is 56.1 Å². The van der Waals surface area contributed by atoms with Gasteiger partial charge in [0, 0.05) is 45.2 Å². The molecule has 0 unspecified atom stereocenters. The van der Waals surface area contributed by atoms with E-state index < -0.39 is 12.8 Å². The van der Waals surface area contributed by atoms with Crippen LogP contribution in [-0.2, 0) is 6.98 Å². The first kappa shape index (κ1) is 19.6. The molecular formula is C28H23FN6O. The Labute approximate surface area is 212 Å². The lowest BCUT2D eigenvalue weighted by Gasteiger charge is -2.15. The molecule has 0 saturated heterocycles. The maximum absolute atomic E-state index is 15.5. The summed E-state index contributed by atoms with van der Waals surface area (Å²) in [5.74, 6) is 1.77. The van der Waals surface area contributed by atoms with Crippen molar-refractivity contribution in [3.63, 3.8) is 0 Å². The molecule has 0 spiro atoms. The van der Waals surface area contributed by atoms with Crippen molar-refractivity contribution in [2.75, 3.05) is 0 Å². The SMILES string of the molecule is [2H]C([2H])([2H])n1c(-c2c(C)cc(C#C)nc2C)c(-c2ccc(Oc3nccc(C)n3)c(F)c2)c2c(C)ncnc21. The van der Waals surface area contributed by atoms with Crippen LogP contribution in [0.1, 0.15) is 32.5 Å². The van der Waals surface area contributed by atoms with Crippen molar-refractivity contribution in [3.05, 3.63) is 77.0 Å². The smallest absolute Gasteiger partial charge is 0.322 e. The number of hydrogen-bond acceptors (Lipinski definition) is 6. The predicted octanol–water partition coefficient (Wildman–Crippen LogP) is 5.63. The van der Waals surface area contributed by atoms with Gasteiger partial charge in [0.05, 0.1) is 11.4 Å². The number of hydrogen-bond donors (Lipinski definition) is 0. The van der Waals surface area contributed by atoms with Crippen molar-refractivity contribution >= 4 is 11.0 Å². The van der Waals surface area contributed by atoms with Crippen molar-refractivity contribution < 1.29 is 13.2 Å². The summed E-state index contributed by atoms with van der Waals surface area (Å²) in [6, 6.07) is 7.82. The molecule has 0 aliphatic carbocycles. The first-order valence-electron chi connectivity index (χ1n) is 12.6. The van der Waals surface area contributed by atoms with Crippen molar-refractivity contribution in [2.45, 2.75) is 27.7 Å². The van der Waals surface area contributed by atoms with Crippen molar-refractivity contribution in [1.29, 1.82) is 0 Å². The molecule has 4 aromatic heterocycles. The van der Waals surface area contributed by atoms with Gasteiger partial charge in [0.1, 0.15) is 17.7 Å². The van der Waals surface area contributed by atoms with Gasteiger partial charge < -0.3 is 9.30 Å². The van der Waals surface area contributed by atoms with E-state index in [9.17, 15) is 0 Å². The molecule has 36 heavy (non-hydrogen) atoms. The zero-order valence-electron chi connectivity index (χ0n) is 23.1. The Morgan fingerprint density at radius 3 is 2.53 bits per heavy atom. The van der Waals surface area contributed by atoms with Crippen LogP contribution in [0.25, 0.3) is 33.4 Å². The van der Waals surface area contributed by atoms with Crippen LogP contribution < -0.4 is 4.74 Å². The minimum absolute atomic E-state index is 0.0107. The number of ether oxygens (including phenoxy) is 1. The Bertz CT molecular complexity index is 1780. The van der Waals surface area contributed by atoms with Gasteiger partial charge in [0.2, 0.25) is 0 Å². The number of aromatic nitrogens is 6. The predicted molar refractivity (Wildman–Crippen MR) is 136 cm³/mol. The van der Waals surface area contributed by atoms with Crippen molar-refractivity contribution in [3.8, 4) is 46.5 Å². The molecule has 0 saturated carbocycles. The van der Waals surface area contributed by atoms with Gasteiger partial charge in [-0.2, -0.15) is 0 Å². The van der Waals surface area contributed by atoms with Crippen LogP contribution in [0.15, 0.2) is 42.9 Å². The average molecular weight is 482 g/mol. The highest BCUT2D eigenvalue weighted by Gasteiger charge is 2.25. The highest BCUT2D eigenvalue weighted by atomic mass is 19.1. The van der Waals surface area contributed by atoms with Gasteiger partial charge in [-0.3, -0.25) is 0 Å². The standard InChI is InChI=1S/C28H23FN6O/c1-7-20-12-15(2)23(18(5)34-20)26-25(24-17(4)31-14-32-27(24)35(26)6)19-8-9-22(21(29)13-19)36-28-30-11-10-16(3)33-28/h1,8-14H,2-6H3/i6D3. The maximum atomic E-state index is 15.5. The minimum atomic E-state index is -2.62. The molecule has 0 fully saturated rings. The topological polar surface area (TPSA) is 78.6 Å². The van der Waals surface area contributed by atoms with Crippen LogP contribution in [0, 0.1) is 45.9 Å². The summed E-state index contributed by atoms with van der Waals surface area (Å²) in [4.78, 5) is 21.3. The van der Waals surface area contributed by atoms with E-state index in [1.807, 2.05) is 6.92 Å². The molecule has 4 heterocycles. The second-order valence-corrected chi connectivity index (χ2v) is 8.37. The molecule has 0 radical (unpaired) electrons. The van der Waals surface area contributed by atoms with E-state index in [0.717, 1.165) is 0 Å². The Morgan fingerprint density at radius 1 is 1.00 bits per heavy atom. The van der Waals surface area contributed by atoms with E-state index in [1.54, 1.807) is 39.0 Å². The van der Waals surface area contributed by atoms with Gasteiger partial charge in [0.15, 0.2) is 11.6 Å². The number of nitrogens with zero attached hydrogens (tertiary/aromatic N) is 6. The Hall–Kier alpha value is -4.64. The minimum Gasteiger partial charge on any atom is -0.421 e. The first-order valence-corrected chi connectivity index (χ1v) is 11.1. The molecule has 0 aliphatic heterocycles. The fraction of sp³-hybridized carbons (Fsp3) is 0.179. The van der Waals surface area contributed by atoms with E-state index in [1.165, 1.54) is 29.2 Å². The summed E-state index contributed by atoms with van der Waals surface area (Å²) >= 11 is 0. The fourth-order valence-corrected chi connectivity index (χ4v) is 4.35. The molecule has 0 N–H and O–H groups in total. The lowest BCUT2D eigenvalue weighted by atomic mass is 9.94. The van der Waals surface area contributed by atoms with Crippen LogP contribution in [0.3, 0.4) is 0 Å². The Kier molecular flexibility index (Phi) is 4.83. The monoisotopic (exact) mass is 481 g/mol. The van der Waals surface area contributed by atoms with Crippen molar-refractivity contribution in [2.24, 2.45) is 6.98 Å². The lowest BCUT2D eigenvalue weighted by molar-refractivity contribution is 0.410. The average Bonchev–Trinajstić information content (AvgIpc) is 3.21. The largest absolute Gasteiger partial charge is 0.421 e. The number of aryl methyl sites for hydroxylation is 5. The molecule has 178 valence electrons. The lowest BCUT2D eigenvalue weighted by Crippen LogP contribution is -2.01. The maximum Gasteiger partial charge on any atom is 0.322 e. The Balaban J connectivity index is 1.82. The highest BCUT2D eigenvalue weighted by molar-refractivity contribution is 6.05. The third kappa shape index (κ3) is 3.85. The van der Waals surface area contributed by atoms with E-state index in [4.69, 9.17) is 15.3 Å². The number of pyridine rings is 1. The summed E-state index contributed by atoms with van der Waals surface area (Å²) < 4.78 is 47.5. The molecule has 0 aliphatic rings. The number of benzene rings is 1. The molecule has 8 heteroatoms. The zero-order chi connectivity index (χ0) is 28.1. The van der Waals surface area contributed by atoms with Gasteiger partial charge in [-0.05, 0) is 63.1 Å². The molecule has 5 rings (SSSR count). The van der Waals surface area contributed by atoms with E-state index >= 15 is 4.39 Å². The van der Waals surface area contributed by atoms with Gasteiger partial charge in [-0.1, -0.05) is 12.0 Å². The zero-order valence-corrected chi connectivity index (χ0v) is 20.1. The Morgan fingerprint density at radius 2 is 1.83 bits per heavy atom. The summed E-state index contributed by atoms with van der Waals surface area (Å²) in [6.45, 7) is 4.49. The summed E-state index contributed by atoms with van der Waals surface area (Å²) in [5, 5.41) is 0.485. The molecule has 5 aromatic rings. The quantitative estimate of drug-likeness (QED) is 0.310. The number of halogens is 1. The van der Waals surface area contributed by atoms with Crippen LogP contribution in [-0.4, -0.2) is 29.5 Å². The van der Waals surface area contributed by atoms with Crippen LogP contribution >= 0.6 is 0 Å².